The Morgan fingerprint density at radius 3 is 2.67 bits per heavy atom. The summed E-state index contributed by atoms with van der Waals surface area (Å²) in [5.74, 6) is 0.991. The second-order valence-corrected chi connectivity index (χ2v) is 5.66. The molecule has 0 spiro atoms. The highest BCUT2D eigenvalue weighted by atomic mass is 14.9. The molecule has 1 heterocycles. The van der Waals surface area contributed by atoms with Gasteiger partial charge in [0.25, 0.3) is 0 Å². The Morgan fingerprint density at radius 1 is 1.22 bits per heavy atom. The van der Waals surface area contributed by atoms with Gasteiger partial charge in [-0.25, -0.2) is 0 Å². The molecule has 2 heteroatoms. The van der Waals surface area contributed by atoms with Crippen LogP contribution in [0.5, 0.6) is 0 Å². The molecule has 1 saturated carbocycles. The third kappa shape index (κ3) is 4.09. The van der Waals surface area contributed by atoms with Crippen LogP contribution >= 0.6 is 0 Å². The average Bonchev–Trinajstić information content (AvgIpc) is 2.38. The lowest BCUT2D eigenvalue weighted by atomic mass is 9.83. The van der Waals surface area contributed by atoms with Crippen LogP contribution in [-0.2, 0) is 6.54 Å². The SMILES string of the molecule is CCCC1CCC(NCc2cccc(C)n2)CC1. The van der Waals surface area contributed by atoms with E-state index in [2.05, 4.69) is 42.3 Å². The van der Waals surface area contributed by atoms with Gasteiger partial charge in [-0.3, -0.25) is 4.98 Å². The van der Waals surface area contributed by atoms with Crippen LogP contribution in [0.4, 0.5) is 0 Å². The second-order valence-electron chi connectivity index (χ2n) is 5.66. The third-order valence-electron chi connectivity index (χ3n) is 4.06. The summed E-state index contributed by atoms with van der Waals surface area (Å²) in [4.78, 5) is 4.54. The molecule has 1 N–H and O–H groups in total. The lowest BCUT2D eigenvalue weighted by molar-refractivity contribution is 0.277. The number of nitrogens with zero attached hydrogens (tertiary/aromatic N) is 1. The zero-order valence-corrected chi connectivity index (χ0v) is 11.8. The number of aromatic nitrogens is 1. The topological polar surface area (TPSA) is 24.9 Å². The minimum atomic E-state index is 0.709. The summed E-state index contributed by atoms with van der Waals surface area (Å²) < 4.78 is 0. The van der Waals surface area contributed by atoms with E-state index >= 15 is 0 Å². The first-order chi connectivity index (χ1) is 8.78. The smallest absolute Gasteiger partial charge is 0.0544 e. The summed E-state index contributed by atoms with van der Waals surface area (Å²) in [6, 6.07) is 6.97. The van der Waals surface area contributed by atoms with Crippen molar-refractivity contribution in [3.8, 4) is 0 Å². The Balaban J connectivity index is 1.72. The molecule has 0 aliphatic heterocycles. The summed E-state index contributed by atoms with van der Waals surface area (Å²) >= 11 is 0. The van der Waals surface area contributed by atoms with Crippen LogP contribution in [0.25, 0.3) is 0 Å². The number of rotatable bonds is 5. The number of nitrogens with one attached hydrogen (secondary N) is 1. The molecule has 0 aromatic carbocycles. The van der Waals surface area contributed by atoms with E-state index in [1.54, 1.807) is 0 Å². The zero-order chi connectivity index (χ0) is 12.8. The Labute approximate surface area is 111 Å². The van der Waals surface area contributed by atoms with Crippen molar-refractivity contribution < 1.29 is 0 Å². The second kappa shape index (κ2) is 6.89. The summed E-state index contributed by atoms with van der Waals surface area (Å²) in [5, 5.41) is 3.67. The van der Waals surface area contributed by atoms with E-state index in [1.807, 2.05) is 0 Å². The number of pyridine rings is 1. The molecule has 0 unspecified atom stereocenters. The van der Waals surface area contributed by atoms with Gasteiger partial charge in [-0.2, -0.15) is 0 Å². The first-order valence-corrected chi connectivity index (χ1v) is 7.44. The zero-order valence-electron chi connectivity index (χ0n) is 11.8. The molecular formula is C16H26N2. The Kier molecular flexibility index (Phi) is 5.18. The largest absolute Gasteiger partial charge is 0.308 e. The Bertz CT molecular complexity index is 354. The van der Waals surface area contributed by atoms with Crippen molar-refractivity contribution in [1.82, 2.24) is 10.3 Å². The molecule has 0 radical (unpaired) electrons. The van der Waals surface area contributed by atoms with Crippen LogP contribution in [0.1, 0.15) is 56.8 Å². The Hall–Kier alpha value is -0.890. The molecule has 18 heavy (non-hydrogen) atoms. The molecule has 0 amide bonds. The van der Waals surface area contributed by atoms with Gasteiger partial charge < -0.3 is 5.32 Å². The molecule has 1 aliphatic carbocycles. The summed E-state index contributed by atoms with van der Waals surface area (Å²) in [7, 11) is 0. The van der Waals surface area contributed by atoms with E-state index < -0.39 is 0 Å². The molecule has 1 fully saturated rings. The molecule has 0 bridgehead atoms. The van der Waals surface area contributed by atoms with Gasteiger partial charge in [0.05, 0.1) is 5.69 Å². The standard InChI is InChI=1S/C16H26N2/c1-3-5-14-8-10-15(11-9-14)17-12-16-7-4-6-13(2)18-16/h4,6-7,14-15,17H,3,5,8-12H2,1-2H3. The van der Waals surface area contributed by atoms with Crippen molar-refractivity contribution in [2.75, 3.05) is 0 Å². The van der Waals surface area contributed by atoms with E-state index in [0.717, 1.165) is 18.2 Å². The van der Waals surface area contributed by atoms with Crippen LogP contribution in [0.15, 0.2) is 18.2 Å². The predicted molar refractivity (Wildman–Crippen MR) is 76.5 cm³/mol. The average molecular weight is 246 g/mol. The molecule has 1 aromatic rings. The van der Waals surface area contributed by atoms with Crippen molar-refractivity contribution in [1.29, 1.82) is 0 Å². The van der Waals surface area contributed by atoms with Gasteiger partial charge in [0.2, 0.25) is 0 Å². The monoisotopic (exact) mass is 246 g/mol. The van der Waals surface area contributed by atoms with Gasteiger partial charge >= 0.3 is 0 Å². The van der Waals surface area contributed by atoms with Gasteiger partial charge in [-0.15, -0.1) is 0 Å². The maximum atomic E-state index is 4.54. The van der Waals surface area contributed by atoms with Crippen LogP contribution in [0.3, 0.4) is 0 Å². The number of aryl methyl sites for hydroxylation is 1. The molecule has 0 atom stereocenters. The lowest BCUT2D eigenvalue weighted by Gasteiger charge is -2.29. The van der Waals surface area contributed by atoms with Crippen LogP contribution < -0.4 is 5.32 Å². The van der Waals surface area contributed by atoms with E-state index in [4.69, 9.17) is 0 Å². The van der Waals surface area contributed by atoms with E-state index in [1.165, 1.54) is 44.2 Å². The van der Waals surface area contributed by atoms with Crippen molar-refractivity contribution >= 4 is 0 Å². The molecule has 0 saturated heterocycles. The van der Waals surface area contributed by atoms with Gasteiger partial charge in [0.1, 0.15) is 0 Å². The first-order valence-electron chi connectivity index (χ1n) is 7.44. The molecule has 2 nitrogen and oxygen atoms in total. The molecular weight excluding hydrogens is 220 g/mol. The van der Waals surface area contributed by atoms with Crippen molar-refractivity contribution in [2.24, 2.45) is 5.92 Å². The van der Waals surface area contributed by atoms with Crippen LogP contribution in [0, 0.1) is 12.8 Å². The lowest BCUT2D eigenvalue weighted by Crippen LogP contribution is -2.33. The maximum absolute atomic E-state index is 4.54. The fourth-order valence-corrected chi connectivity index (χ4v) is 3.01. The summed E-state index contributed by atoms with van der Waals surface area (Å²) in [6.45, 7) is 5.28. The van der Waals surface area contributed by atoms with Crippen molar-refractivity contribution in [2.45, 2.75) is 65.0 Å². The summed E-state index contributed by atoms with van der Waals surface area (Å²) in [5.41, 5.74) is 2.28. The Morgan fingerprint density at radius 2 is 2.00 bits per heavy atom. The van der Waals surface area contributed by atoms with E-state index in [0.29, 0.717) is 6.04 Å². The van der Waals surface area contributed by atoms with Crippen LogP contribution in [0.2, 0.25) is 0 Å². The molecule has 1 aromatic heterocycles. The predicted octanol–water partition coefficient (Wildman–Crippen LogP) is 3.84. The van der Waals surface area contributed by atoms with Gasteiger partial charge in [-0.05, 0) is 50.7 Å². The number of hydrogen-bond donors (Lipinski definition) is 1. The van der Waals surface area contributed by atoms with Gasteiger partial charge in [-0.1, -0.05) is 25.8 Å². The highest BCUT2D eigenvalue weighted by Gasteiger charge is 2.19. The van der Waals surface area contributed by atoms with Gasteiger partial charge in [0, 0.05) is 18.3 Å². The van der Waals surface area contributed by atoms with Crippen molar-refractivity contribution in [3.05, 3.63) is 29.6 Å². The molecule has 2 rings (SSSR count). The van der Waals surface area contributed by atoms with Gasteiger partial charge in [0.15, 0.2) is 0 Å². The minimum absolute atomic E-state index is 0.709. The maximum Gasteiger partial charge on any atom is 0.0544 e. The summed E-state index contributed by atoms with van der Waals surface area (Å²) in [6.07, 6.45) is 8.27. The minimum Gasteiger partial charge on any atom is -0.308 e. The fourth-order valence-electron chi connectivity index (χ4n) is 3.01. The highest BCUT2D eigenvalue weighted by Crippen LogP contribution is 2.27. The quantitative estimate of drug-likeness (QED) is 0.854. The highest BCUT2D eigenvalue weighted by molar-refractivity contribution is 5.09. The fraction of sp³-hybridized carbons (Fsp3) is 0.688. The normalized spacial score (nSPS) is 24.1. The number of hydrogen-bond acceptors (Lipinski definition) is 2. The molecule has 1 aliphatic rings. The third-order valence-corrected chi connectivity index (χ3v) is 4.06. The molecule has 100 valence electrons. The van der Waals surface area contributed by atoms with Crippen molar-refractivity contribution in [3.63, 3.8) is 0 Å². The van der Waals surface area contributed by atoms with Crippen LogP contribution in [-0.4, -0.2) is 11.0 Å². The van der Waals surface area contributed by atoms with E-state index in [9.17, 15) is 0 Å². The van der Waals surface area contributed by atoms with E-state index in [-0.39, 0.29) is 0 Å². The first kappa shape index (κ1) is 13.5.